The highest BCUT2D eigenvalue weighted by Gasteiger charge is 2.08. The second-order valence-corrected chi connectivity index (χ2v) is 3.02. The van der Waals surface area contributed by atoms with Crippen LogP contribution < -0.4 is 16.4 Å². The van der Waals surface area contributed by atoms with Crippen LogP contribution in [-0.4, -0.2) is 12.8 Å². The van der Waals surface area contributed by atoms with Gasteiger partial charge in [-0.3, -0.25) is 11.5 Å². The Hall–Kier alpha value is -1.06. The van der Waals surface area contributed by atoms with Crippen molar-refractivity contribution in [1.82, 2.24) is 0 Å². The van der Waals surface area contributed by atoms with Crippen LogP contribution in [-0.2, 0) is 0 Å². The lowest BCUT2D eigenvalue weighted by molar-refractivity contribution is 0.625. The molecule has 0 spiro atoms. The van der Waals surface area contributed by atoms with E-state index in [4.69, 9.17) is 11.5 Å². The Balaban J connectivity index is 2.76. The number of hydrogen-bond acceptors (Lipinski definition) is 3. The number of benzene rings is 1. The van der Waals surface area contributed by atoms with Crippen molar-refractivity contribution in [3.63, 3.8) is 0 Å². The van der Waals surface area contributed by atoms with Crippen LogP contribution in [0, 0.1) is 0 Å². The molecule has 1 aromatic rings. The zero-order valence-corrected chi connectivity index (χ0v) is 7.98. The van der Waals surface area contributed by atoms with E-state index < -0.39 is 6.29 Å². The number of para-hydroxylation sites is 1. The van der Waals surface area contributed by atoms with Crippen LogP contribution >= 0.6 is 0 Å². The molecule has 1 aromatic carbocycles. The van der Waals surface area contributed by atoms with Crippen LogP contribution in [0.2, 0.25) is 0 Å². The molecule has 0 aliphatic rings. The van der Waals surface area contributed by atoms with E-state index in [9.17, 15) is 0 Å². The van der Waals surface area contributed by atoms with Gasteiger partial charge in [0.25, 0.3) is 0 Å². The normalized spacial score (nSPS) is 10.5. The molecule has 0 atom stereocenters. The molecule has 3 nitrogen and oxygen atoms in total. The first kappa shape index (κ1) is 10.0. The summed E-state index contributed by atoms with van der Waals surface area (Å²) in [7, 11) is 0. The van der Waals surface area contributed by atoms with Crippen molar-refractivity contribution in [2.75, 3.05) is 11.4 Å². The average Bonchev–Trinajstić information content (AvgIpc) is 2.15. The van der Waals surface area contributed by atoms with E-state index in [1.807, 2.05) is 35.2 Å². The molecule has 0 heterocycles. The van der Waals surface area contributed by atoms with Crippen LogP contribution in [0.5, 0.6) is 0 Å². The summed E-state index contributed by atoms with van der Waals surface area (Å²) in [6, 6.07) is 9.99. The van der Waals surface area contributed by atoms with Gasteiger partial charge in [0.2, 0.25) is 0 Å². The van der Waals surface area contributed by atoms with Crippen molar-refractivity contribution in [2.24, 2.45) is 11.5 Å². The molecule has 0 radical (unpaired) electrons. The minimum atomic E-state index is -0.414. The lowest BCUT2D eigenvalue weighted by Crippen LogP contribution is -2.49. The number of anilines is 1. The van der Waals surface area contributed by atoms with Gasteiger partial charge in [-0.05, 0) is 18.6 Å². The first-order valence-electron chi connectivity index (χ1n) is 4.58. The quantitative estimate of drug-likeness (QED) is 0.681. The molecule has 0 fully saturated rings. The fourth-order valence-electron chi connectivity index (χ4n) is 1.31. The Morgan fingerprint density at radius 3 is 2.31 bits per heavy atom. The van der Waals surface area contributed by atoms with Crippen molar-refractivity contribution in [3.8, 4) is 0 Å². The number of rotatable bonds is 4. The molecule has 0 amide bonds. The smallest absolute Gasteiger partial charge is 0.129 e. The van der Waals surface area contributed by atoms with Gasteiger partial charge >= 0.3 is 0 Å². The second-order valence-electron chi connectivity index (χ2n) is 3.02. The van der Waals surface area contributed by atoms with Crippen molar-refractivity contribution < 1.29 is 0 Å². The Morgan fingerprint density at radius 2 is 1.85 bits per heavy atom. The molecule has 0 aliphatic heterocycles. The van der Waals surface area contributed by atoms with E-state index in [1.165, 1.54) is 0 Å². The van der Waals surface area contributed by atoms with Gasteiger partial charge in [0.05, 0.1) is 0 Å². The van der Waals surface area contributed by atoms with Gasteiger partial charge in [0, 0.05) is 12.2 Å². The number of nitrogens with two attached hydrogens (primary N) is 2. The molecule has 0 unspecified atom stereocenters. The minimum absolute atomic E-state index is 0.414. The molecule has 3 heteroatoms. The van der Waals surface area contributed by atoms with Crippen molar-refractivity contribution in [1.29, 1.82) is 0 Å². The van der Waals surface area contributed by atoms with Gasteiger partial charge < -0.3 is 4.90 Å². The molecule has 0 aliphatic carbocycles. The van der Waals surface area contributed by atoms with Crippen molar-refractivity contribution in [3.05, 3.63) is 30.3 Å². The molecule has 0 aromatic heterocycles. The van der Waals surface area contributed by atoms with Crippen LogP contribution in [0.3, 0.4) is 0 Å². The summed E-state index contributed by atoms with van der Waals surface area (Å²) < 4.78 is 0. The molecule has 0 saturated heterocycles. The summed E-state index contributed by atoms with van der Waals surface area (Å²) in [5.74, 6) is 0. The van der Waals surface area contributed by atoms with Gasteiger partial charge in [-0.15, -0.1) is 0 Å². The molecule has 4 N–H and O–H groups in total. The topological polar surface area (TPSA) is 55.3 Å². The summed E-state index contributed by atoms with van der Waals surface area (Å²) in [5.41, 5.74) is 12.4. The maximum Gasteiger partial charge on any atom is 0.129 e. The number of nitrogens with zero attached hydrogens (tertiary/aromatic N) is 1. The van der Waals surface area contributed by atoms with E-state index in [-0.39, 0.29) is 0 Å². The Bertz CT molecular complexity index is 233. The van der Waals surface area contributed by atoms with E-state index in [2.05, 4.69) is 6.92 Å². The van der Waals surface area contributed by atoms with Crippen LogP contribution in [0.4, 0.5) is 5.69 Å². The predicted octanol–water partition coefficient (Wildman–Crippen LogP) is 1.10. The highest BCUT2D eigenvalue weighted by molar-refractivity contribution is 5.46. The monoisotopic (exact) mass is 179 g/mol. The molecule has 0 bridgehead atoms. The summed E-state index contributed by atoms with van der Waals surface area (Å²) in [6.07, 6.45) is 0.627. The average molecular weight is 179 g/mol. The fraction of sp³-hybridized carbons (Fsp3) is 0.400. The Kier molecular flexibility index (Phi) is 3.73. The van der Waals surface area contributed by atoms with E-state index >= 15 is 0 Å². The van der Waals surface area contributed by atoms with E-state index in [0.29, 0.717) is 0 Å². The number of hydrogen-bond donors (Lipinski definition) is 2. The predicted molar refractivity (Wildman–Crippen MR) is 56.2 cm³/mol. The van der Waals surface area contributed by atoms with Crippen LogP contribution in [0.15, 0.2) is 30.3 Å². The first-order valence-corrected chi connectivity index (χ1v) is 4.58. The molecule has 1 rings (SSSR count). The van der Waals surface area contributed by atoms with Crippen LogP contribution in [0.1, 0.15) is 13.3 Å². The third-order valence-corrected chi connectivity index (χ3v) is 1.91. The minimum Gasteiger partial charge on any atom is -0.344 e. The van der Waals surface area contributed by atoms with Crippen molar-refractivity contribution >= 4 is 5.69 Å². The fourth-order valence-corrected chi connectivity index (χ4v) is 1.31. The standard InChI is InChI=1S/C10H17N3/c1-2-8-13(10(11)12)9-6-4-3-5-7-9/h3-7,10H,2,8,11-12H2,1H3. The molecule has 72 valence electrons. The van der Waals surface area contributed by atoms with Gasteiger partial charge in [-0.2, -0.15) is 0 Å². The van der Waals surface area contributed by atoms with E-state index in [1.54, 1.807) is 0 Å². The summed E-state index contributed by atoms with van der Waals surface area (Å²) in [4.78, 5) is 1.99. The second kappa shape index (κ2) is 4.84. The molecular formula is C10H17N3. The molecular weight excluding hydrogens is 162 g/mol. The molecule has 13 heavy (non-hydrogen) atoms. The maximum atomic E-state index is 5.66. The van der Waals surface area contributed by atoms with E-state index in [0.717, 1.165) is 18.7 Å². The maximum absolute atomic E-state index is 5.66. The van der Waals surface area contributed by atoms with Crippen molar-refractivity contribution in [2.45, 2.75) is 19.6 Å². The third-order valence-electron chi connectivity index (χ3n) is 1.91. The lowest BCUT2D eigenvalue weighted by Gasteiger charge is -2.27. The largest absolute Gasteiger partial charge is 0.344 e. The van der Waals surface area contributed by atoms with Crippen LogP contribution in [0.25, 0.3) is 0 Å². The molecule has 0 saturated carbocycles. The summed E-state index contributed by atoms with van der Waals surface area (Å²) in [5, 5.41) is 0. The van der Waals surface area contributed by atoms with Gasteiger partial charge in [-0.1, -0.05) is 25.1 Å². The highest BCUT2D eigenvalue weighted by atomic mass is 15.3. The Morgan fingerprint density at radius 1 is 1.23 bits per heavy atom. The zero-order valence-electron chi connectivity index (χ0n) is 7.98. The SMILES string of the molecule is CCCN(c1ccccc1)C(N)N. The zero-order chi connectivity index (χ0) is 9.68. The lowest BCUT2D eigenvalue weighted by atomic mass is 10.3. The van der Waals surface area contributed by atoms with Gasteiger partial charge in [0.1, 0.15) is 6.29 Å². The first-order chi connectivity index (χ1) is 6.25. The summed E-state index contributed by atoms with van der Waals surface area (Å²) in [6.45, 7) is 3.00. The Labute approximate surface area is 79.3 Å². The van der Waals surface area contributed by atoms with Gasteiger partial charge in [-0.25, -0.2) is 0 Å². The third kappa shape index (κ3) is 2.72. The summed E-state index contributed by atoms with van der Waals surface area (Å²) >= 11 is 0. The highest BCUT2D eigenvalue weighted by Crippen LogP contribution is 2.13. The van der Waals surface area contributed by atoms with Gasteiger partial charge in [0.15, 0.2) is 0 Å².